The summed E-state index contributed by atoms with van der Waals surface area (Å²) in [6.07, 6.45) is 2.65. The molecule has 0 saturated heterocycles. The third-order valence-corrected chi connectivity index (χ3v) is 6.46. The normalized spacial score (nSPS) is 12.7. The molecule has 0 spiro atoms. The van der Waals surface area contributed by atoms with Gasteiger partial charge in [-0.25, -0.2) is 23.2 Å². The lowest BCUT2D eigenvalue weighted by Gasteiger charge is -2.19. The van der Waals surface area contributed by atoms with Crippen molar-refractivity contribution < 1.29 is 26.7 Å². The van der Waals surface area contributed by atoms with Crippen LogP contribution in [0.3, 0.4) is 0 Å². The number of hydrogen-bond donors (Lipinski definition) is 1. The quantitative estimate of drug-likeness (QED) is 0.359. The topological polar surface area (TPSA) is 116 Å². The van der Waals surface area contributed by atoms with E-state index in [-0.39, 0.29) is 29.6 Å². The van der Waals surface area contributed by atoms with Gasteiger partial charge in [0.2, 0.25) is 0 Å². The number of nitrogens with one attached hydrogen (secondary N) is 1. The third-order valence-electron chi connectivity index (χ3n) is 5.54. The molecule has 4 aromatic rings. The number of pyridine rings is 2. The third kappa shape index (κ3) is 5.23. The Balaban J connectivity index is 1.90. The van der Waals surface area contributed by atoms with Crippen molar-refractivity contribution in [3.63, 3.8) is 0 Å². The van der Waals surface area contributed by atoms with Gasteiger partial charge in [-0.3, -0.25) is 4.57 Å². The zero-order valence-corrected chi connectivity index (χ0v) is 20.6. The maximum atomic E-state index is 13.2. The van der Waals surface area contributed by atoms with Crippen LogP contribution in [-0.4, -0.2) is 53.2 Å². The van der Waals surface area contributed by atoms with Crippen molar-refractivity contribution >= 4 is 21.0 Å². The van der Waals surface area contributed by atoms with E-state index in [9.17, 15) is 22.0 Å². The van der Waals surface area contributed by atoms with Gasteiger partial charge >= 0.3 is 12.3 Å². The summed E-state index contributed by atoms with van der Waals surface area (Å²) in [5.41, 5.74) is 2.67. The van der Waals surface area contributed by atoms with Gasteiger partial charge in [-0.2, -0.15) is 8.78 Å². The summed E-state index contributed by atoms with van der Waals surface area (Å²) in [6, 6.07) is 10.9. The number of ether oxygens (including phenoxy) is 2. The van der Waals surface area contributed by atoms with Crippen molar-refractivity contribution in [1.29, 1.82) is 0 Å². The molecule has 4 rings (SSSR count). The zero-order valence-electron chi connectivity index (χ0n) is 19.7. The van der Waals surface area contributed by atoms with Crippen LogP contribution in [0.1, 0.15) is 24.2 Å². The molecule has 0 aliphatic rings. The number of alkyl halides is 2. The molecule has 9 nitrogen and oxygen atoms in total. The number of rotatable bonds is 9. The first kappa shape index (κ1) is 25.3. The fourth-order valence-corrected chi connectivity index (χ4v) is 4.91. The Morgan fingerprint density at radius 1 is 1.14 bits per heavy atom. The second kappa shape index (κ2) is 10.1. The molecule has 1 atom stereocenters. The molecule has 190 valence electrons. The molecule has 0 bridgehead atoms. The summed E-state index contributed by atoms with van der Waals surface area (Å²) in [5, 5.41) is 0. The summed E-state index contributed by atoms with van der Waals surface area (Å²) in [7, 11) is -3.63. The summed E-state index contributed by atoms with van der Waals surface area (Å²) in [6.45, 7) is 0.462. The molecule has 0 saturated carbocycles. The van der Waals surface area contributed by atoms with Gasteiger partial charge < -0.3 is 14.5 Å². The van der Waals surface area contributed by atoms with E-state index in [1.807, 2.05) is 37.3 Å². The van der Waals surface area contributed by atoms with Crippen molar-refractivity contribution in [3.05, 3.63) is 70.4 Å². The molecule has 1 aromatic carbocycles. The first-order valence-electron chi connectivity index (χ1n) is 11.0. The number of fused-ring (bicyclic) bond motifs is 1. The van der Waals surface area contributed by atoms with Gasteiger partial charge in [0.25, 0.3) is 5.88 Å². The van der Waals surface area contributed by atoms with E-state index in [0.717, 1.165) is 22.9 Å². The maximum Gasteiger partial charge on any atom is 0.387 e. The van der Waals surface area contributed by atoms with Crippen LogP contribution in [-0.2, 0) is 9.84 Å². The van der Waals surface area contributed by atoms with Crippen LogP contribution in [0, 0.1) is 6.92 Å². The van der Waals surface area contributed by atoms with E-state index >= 15 is 0 Å². The predicted octanol–water partition coefficient (Wildman–Crippen LogP) is 3.73. The van der Waals surface area contributed by atoms with Crippen molar-refractivity contribution in [2.75, 3.05) is 18.6 Å². The highest BCUT2D eigenvalue weighted by atomic mass is 32.2. The lowest BCUT2D eigenvalue weighted by atomic mass is 10.0. The van der Waals surface area contributed by atoms with Gasteiger partial charge in [-0.05, 0) is 37.1 Å². The summed E-state index contributed by atoms with van der Waals surface area (Å²) >= 11 is 0. The highest BCUT2D eigenvalue weighted by Gasteiger charge is 2.28. The number of H-pyrrole nitrogens is 1. The van der Waals surface area contributed by atoms with Gasteiger partial charge in [0, 0.05) is 18.0 Å². The molecule has 0 fully saturated rings. The molecule has 0 unspecified atom stereocenters. The van der Waals surface area contributed by atoms with Crippen molar-refractivity contribution in [3.8, 4) is 22.8 Å². The van der Waals surface area contributed by atoms with E-state index in [2.05, 4.69) is 19.7 Å². The van der Waals surface area contributed by atoms with E-state index in [1.54, 1.807) is 13.1 Å². The van der Waals surface area contributed by atoms with Crippen LogP contribution in [0.2, 0.25) is 0 Å². The maximum absolute atomic E-state index is 13.2. The Hall–Kier alpha value is -3.80. The first-order chi connectivity index (χ1) is 17.1. The number of sulfone groups is 1. The summed E-state index contributed by atoms with van der Waals surface area (Å²) in [4.78, 5) is 24.7. The second-order valence-electron chi connectivity index (χ2n) is 8.12. The van der Waals surface area contributed by atoms with Gasteiger partial charge in [0.15, 0.2) is 11.4 Å². The molecule has 1 N–H and O–H groups in total. The predicted molar refractivity (Wildman–Crippen MR) is 130 cm³/mol. The summed E-state index contributed by atoms with van der Waals surface area (Å²) < 4.78 is 61.4. The van der Waals surface area contributed by atoms with Crippen LogP contribution < -0.4 is 15.2 Å². The standard InChI is InChI=1S/C24H24F2N4O5S/c1-4-34-22-19(35-23(25)26)11-10-17(28-22)18(13-36(3,32)33)30-21-20(29-24(30)31)14(2)16(12-27-21)15-8-6-5-7-9-15/h5-12,18,23H,4,13H2,1-3H3,(H,29,31)/t18-/m0/s1. The number of aromatic nitrogens is 4. The molecule has 3 heterocycles. The van der Waals surface area contributed by atoms with Gasteiger partial charge in [-0.1, -0.05) is 30.3 Å². The van der Waals surface area contributed by atoms with Crippen LogP contribution in [0.25, 0.3) is 22.3 Å². The van der Waals surface area contributed by atoms with E-state index < -0.39 is 33.9 Å². The van der Waals surface area contributed by atoms with E-state index in [4.69, 9.17) is 4.74 Å². The number of imidazole rings is 1. The van der Waals surface area contributed by atoms with Gasteiger partial charge in [0.05, 0.1) is 29.6 Å². The molecule has 36 heavy (non-hydrogen) atoms. The Morgan fingerprint density at radius 3 is 2.50 bits per heavy atom. The average Bonchev–Trinajstić information content (AvgIpc) is 3.15. The van der Waals surface area contributed by atoms with Crippen LogP contribution in [0.15, 0.2) is 53.5 Å². The Bertz CT molecular complexity index is 1550. The lowest BCUT2D eigenvalue weighted by molar-refractivity contribution is -0.0518. The van der Waals surface area contributed by atoms with Crippen molar-refractivity contribution in [2.24, 2.45) is 0 Å². The molecule has 0 aliphatic carbocycles. The molecular weight excluding hydrogens is 494 g/mol. The number of aryl methyl sites for hydroxylation is 1. The molecule has 3 aromatic heterocycles. The zero-order chi connectivity index (χ0) is 26.0. The van der Waals surface area contributed by atoms with Crippen molar-refractivity contribution in [2.45, 2.75) is 26.5 Å². The minimum atomic E-state index is -3.63. The lowest BCUT2D eigenvalue weighted by Crippen LogP contribution is -2.29. The fraction of sp³-hybridized carbons (Fsp3) is 0.292. The number of halogens is 2. The smallest absolute Gasteiger partial charge is 0.387 e. The molecular formula is C24H24F2N4O5S. The average molecular weight is 519 g/mol. The van der Waals surface area contributed by atoms with Crippen molar-refractivity contribution in [1.82, 2.24) is 19.5 Å². The first-order valence-corrected chi connectivity index (χ1v) is 13.1. The molecule has 12 heteroatoms. The van der Waals surface area contributed by atoms with Crippen LogP contribution in [0.5, 0.6) is 11.6 Å². The second-order valence-corrected chi connectivity index (χ2v) is 10.3. The highest BCUT2D eigenvalue weighted by molar-refractivity contribution is 7.90. The minimum Gasteiger partial charge on any atom is -0.475 e. The van der Waals surface area contributed by atoms with E-state index in [0.29, 0.717) is 5.52 Å². The molecule has 0 amide bonds. The van der Waals surface area contributed by atoms with Gasteiger partial charge in [0.1, 0.15) is 9.84 Å². The van der Waals surface area contributed by atoms with Crippen LogP contribution in [0.4, 0.5) is 8.78 Å². The molecule has 0 aliphatic heterocycles. The number of aromatic amines is 1. The van der Waals surface area contributed by atoms with E-state index in [1.165, 1.54) is 16.7 Å². The van der Waals surface area contributed by atoms with Crippen LogP contribution >= 0.6 is 0 Å². The number of nitrogens with zero attached hydrogens (tertiary/aromatic N) is 3. The van der Waals surface area contributed by atoms with Gasteiger partial charge in [-0.15, -0.1) is 0 Å². The summed E-state index contributed by atoms with van der Waals surface area (Å²) in [5.74, 6) is -1.03. The minimum absolute atomic E-state index is 0.100. The Labute approximate surface area is 205 Å². The largest absolute Gasteiger partial charge is 0.475 e. The highest BCUT2D eigenvalue weighted by Crippen LogP contribution is 2.32. The fourth-order valence-electron chi connectivity index (χ4n) is 4.02. The number of hydrogen-bond acceptors (Lipinski definition) is 7. The molecule has 0 radical (unpaired) electrons. The number of benzene rings is 1. The Morgan fingerprint density at radius 2 is 1.86 bits per heavy atom. The monoisotopic (exact) mass is 518 g/mol. The Kier molecular flexibility index (Phi) is 7.07. The SMILES string of the molecule is CCOc1nc([C@H](CS(C)(=O)=O)n2c(=O)[nH]c3c(C)c(-c4ccccc4)cnc32)ccc1OC(F)F.